The maximum atomic E-state index is 6.20. The molecule has 0 saturated heterocycles. The summed E-state index contributed by atoms with van der Waals surface area (Å²) in [6, 6.07) is 8.94. The lowest BCUT2D eigenvalue weighted by Crippen LogP contribution is -2.34. The van der Waals surface area contributed by atoms with Crippen molar-refractivity contribution in [3.8, 4) is 0 Å². The molecular formula is C17H27N. The molecule has 1 saturated carbocycles. The van der Waals surface area contributed by atoms with Gasteiger partial charge in [-0.15, -0.1) is 0 Å². The van der Waals surface area contributed by atoms with Gasteiger partial charge >= 0.3 is 0 Å². The number of benzene rings is 1. The zero-order valence-electron chi connectivity index (χ0n) is 11.9. The molecule has 1 aromatic rings. The summed E-state index contributed by atoms with van der Waals surface area (Å²) in [5, 5.41) is 0. The Balaban J connectivity index is 2.20. The first-order valence-electron chi connectivity index (χ1n) is 7.43. The van der Waals surface area contributed by atoms with Crippen molar-refractivity contribution in [3.05, 3.63) is 35.4 Å². The lowest BCUT2D eigenvalue weighted by Gasteiger charge is -2.24. The van der Waals surface area contributed by atoms with Crippen molar-refractivity contribution in [2.45, 2.75) is 70.3 Å². The third-order valence-electron chi connectivity index (χ3n) is 4.00. The Labute approximate surface area is 112 Å². The summed E-state index contributed by atoms with van der Waals surface area (Å²) in [5.74, 6) is 0.769. The van der Waals surface area contributed by atoms with Crippen molar-refractivity contribution in [2.24, 2.45) is 5.73 Å². The van der Waals surface area contributed by atoms with Crippen LogP contribution in [0.2, 0.25) is 0 Å². The molecular weight excluding hydrogens is 218 g/mol. The summed E-state index contributed by atoms with van der Waals surface area (Å²) in [5.41, 5.74) is 9.12. The summed E-state index contributed by atoms with van der Waals surface area (Å²) in [6.45, 7) is 4.24. The van der Waals surface area contributed by atoms with Gasteiger partial charge in [0.1, 0.15) is 0 Å². The molecule has 1 nitrogen and oxygen atoms in total. The number of hydrogen-bond acceptors (Lipinski definition) is 1. The van der Waals surface area contributed by atoms with E-state index in [4.69, 9.17) is 5.73 Å². The van der Waals surface area contributed by atoms with E-state index < -0.39 is 0 Å². The monoisotopic (exact) mass is 245 g/mol. The molecule has 18 heavy (non-hydrogen) atoms. The van der Waals surface area contributed by atoms with E-state index in [0.717, 1.165) is 12.3 Å². The van der Waals surface area contributed by atoms with Crippen molar-refractivity contribution >= 4 is 0 Å². The minimum absolute atomic E-state index is 0.110. The van der Waals surface area contributed by atoms with Crippen LogP contribution in [0.1, 0.15) is 69.4 Å². The summed E-state index contributed by atoms with van der Waals surface area (Å²) in [7, 11) is 0. The minimum Gasteiger partial charge on any atom is -0.325 e. The maximum absolute atomic E-state index is 6.20. The second kappa shape index (κ2) is 5.88. The van der Waals surface area contributed by atoms with Gasteiger partial charge in [0.25, 0.3) is 0 Å². The fourth-order valence-electron chi connectivity index (χ4n) is 3.17. The number of nitrogens with two attached hydrogens (primary N) is 1. The molecule has 2 N–H and O–H groups in total. The fraction of sp³-hybridized carbons (Fsp3) is 0.647. The van der Waals surface area contributed by atoms with E-state index in [1.54, 1.807) is 5.56 Å². The van der Waals surface area contributed by atoms with Crippen LogP contribution in [0, 0.1) is 0 Å². The predicted octanol–water partition coefficient (Wildman–Crippen LogP) is 4.40. The van der Waals surface area contributed by atoms with Gasteiger partial charge in [0, 0.05) is 5.54 Å². The van der Waals surface area contributed by atoms with E-state index in [1.807, 2.05) is 0 Å². The highest BCUT2D eigenvalue weighted by molar-refractivity contribution is 5.32. The highest BCUT2D eigenvalue weighted by Gasteiger charge is 2.20. The molecule has 2 rings (SSSR count). The summed E-state index contributed by atoms with van der Waals surface area (Å²) < 4.78 is 0. The van der Waals surface area contributed by atoms with Crippen molar-refractivity contribution in [1.29, 1.82) is 0 Å². The first-order chi connectivity index (χ1) is 8.56. The largest absolute Gasteiger partial charge is 0.325 e. The second-order valence-corrected chi connectivity index (χ2v) is 6.55. The maximum Gasteiger partial charge on any atom is 0.0138 e. The molecule has 1 aliphatic carbocycles. The molecule has 1 aromatic carbocycles. The average molecular weight is 245 g/mol. The fourth-order valence-corrected chi connectivity index (χ4v) is 3.17. The van der Waals surface area contributed by atoms with Crippen LogP contribution in [-0.2, 0) is 6.42 Å². The molecule has 0 bridgehead atoms. The van der Waals surface area contributed by atoms with Gasteiger partial charge in [0.05, 0.1) is 0 Å². The summed E-state index contributed by atoms with van der Waals surface area (Å²) in [6.07, 6.45) is 9.34. The molecule has 0 heterocycles. The van der Waals surface area contributed by atoms with Gasteiger partial charge in [0.2, 0.25) is 0 Å². The summed E-state index contributed by atoms with van der Waals surface area (Å²) in [4.78, 5) is 0. The van der Waals surface area contributed by atoms with Crippen LogP contribution >= 0.6 is 0 Å². The molecule has 0 radical (unpaired) electrons. The van der Waals surface area contributed by atoms with Gasteiger partial charge < -0.3 is 5.73 Å². The topological polar surface area (TPSA) is 26.0 Å². The second-order valence-electron chi connectivity index (χ2n) is 6.55. The van der Waals surface area contributed by atoms with E-state index in [-0.39, 0.29) is 5.54 Å². The first kappa shape index (κ1) is 13.6. The molecule has 0 atom stereocenters. The standard InChI is InChI=1S/C17H27N/c1-17(2,18)13-15-11-7-8-12-16(15)14-9-5-3-4-6-10-14/h7-8,11-12,14H,3-6,9-10,13,18H2,1-2H3. The Bertz CT molecular complexity index is 367. The molecule has 0 aromatic heterocycles. The van der Waals surface area contributed by atoms with E-state index in [9.17, 15) is 0 Å². The van der Waals surface area contributed by atoms with E-state index in [2.05, 4.69) is 38.1 Å². The smallest absolute Gasteiger partial charge is 0.0138 e. The Hall–Kier alpha value is -0.820. The molecule has 0 spiro atoms. The quantitative estimate of drug-likeness (QED) is 0.785. The van der Waals surface area contributed by atoms with Crippen LogP contribution < -0.4 is 5.73 Å². The lowest BCUT2D eigenvalue weighted by molar-refractivity contribution is 0.506. The molecule has 1 heteroatoms. The molecule has 1 fully saturated rings. The van der Waals surface area contributed by atoms with Crippen molar-refractivity contribution in [2.75, 3.05) is 0 Å². The van der Waals surface area contributed by atoms with Gasteiger partial charge in [-0.05, 0) is 50.2 Å². The Morgan fingerprint density at radius 3 is 2.28 bits per heavy atom. The molecule has 0 aliphatic heterocycles. The lowest BCUT2D eigenvalue weighted by atomic mass is 9.84. The van der Waals surface area contributed by atoms with Gasteiger partial charge in [-0.3, -0.25) is 0 Å². The normalized spacial score (nSPS) is 18.6. The van der Waals surface area contributed by atoms with Crippen molar-refractivity contribution in [1.82, 2.24) is 0 Å². The first-order valence-corrected chi connectivity index (χ1v) is 7.43. The van der Waals surface area contributed by atoms with Crippen LogP contribution in [0.3, 0.4) is 0 Å². The highest BCUT2D eigenvalue weighted by Crippen LogP contribution is 2.34. The van der Waals surface area contributed by atoms with Crippen LogP contribution in [0.4, 0.5) is 0 Å². The third-order valence-corrected chi connectivity index (χ3v) is 4.00. The minimum atomic E-state index is -0.110. The van der Waals surface area contributed by atoms with Crippen LogP contribution in [-0.4, -0.2) is 5.54 Å². The predicted molar refractivity (Wildman–Crippen MR) is 78.9 cm³/mol. The van der Waals surface area contributed by atoms with Gasteiger partial charge in [0.15, 0.2) is 0 Å². The van der Waals surface area contributed by atoms with Crippen LogP contribution in [0.5, 0.6) is 0 Å². The van der Waals surface area contributed by atoms with E-state index in [1.165, 1.54) is 44.1 Å². The van der Waals surface area contributed by atoms with E-state index >= 15 is 0 Å². The zero-order chi connectivity index (χ0) is 13.0. The molecule has 0 unspecified atom stereocenters. The number of hydrogen-bond donors (Lipinski definition) is 1. The SMILES string of the molecule is CC(C)(N)Cc1ccccc1C1CCCCCC1. The zero-order valence-corrected chi connectivity index (χ0v) is 11.9. The highest BCUT2D eigenvalue weighted by atomic mass is 14.7. The van der Waals surface area contributed by atoms with Crippen molar-refractivity contribution in [3.63, 3.8) is 0 Å². The van der Waals surface area contributed by atoms with Gasteiger partial charge in [-0.25, -0.2) is 0 Å². The van der Waals surface area contributed by atoms with Gasteiger partial charge in [-0.1, -0.05) is 49.9 Å². The molecule has 100 valence electrons. The Morgan fingerprint density at radius 1 is 1.06 bits per heavy atom. The van der Waals surface area contributed by atoms with Crippen LogP contribution in [0.15, 0.2) is 24.3 Å². The molecule has 0 amide bonds. The summed E-state index contributed by atoms with van der Waals surface area (Å²) >= 11 is 0. The van der Waals surface area contributed by atoms with Gasteiger partial charge in [-0.2, -0.15) is 0 Å². The Kier molecular flexibility index (Phi) is 4.45. The Morgan fingerprint density at radius 2 is 1.67 bits per heavy atom. The average Bonchev–Trinajstić information content (AvgIpc) is 2.56. The van der Waals surface area contributed by atoms with E-state index in [0.29, 0.717) is 0 Å². The van der Waals surface area contributed by atoms with Crippen molar-refractivity contribution < 1.29 is 0 Å². The third kappa shape index (κ3) is 3.84. The number of rotatable bonds is 3. The molecule has 1 aliphatic rings. The van der Waals surface area contributed by atoms with Crippen LogP contribution in [0.25, 0.3) is 0 Å².